The normalized spacial score (nSPS) is 12.7. The first kappa shape index (κ1) is 25.3. The molecule has 0 radical (unpaired) electrons. The first-order valence-corrected chi connectivity index (χ1v) is 14.5. The highest BCUT2D eigenvalue weighted by Gasteiger charge is 2.24. The summed E-state index contributed by atoms with van der Waals surface area (Å²) in [6.07, 6.45) is 4.80. The van der Waals surface area contributed by atoms with Gasteiger partial charge in [-0.2, -0.15) is 0 Å². The van der Waals surface area contributed by atoms with Gasteiger partial charge in [-0.05, 0) is 69.3 Å². The Balaban J connectivity index is 2.60. The molecule has 164 valence electrons. The molecule has 0 bridgehead atoms. The van der Waals surface area contributed by atoms with E-state index in [2.05, 4.69) is 118 Å². The molecule has 0 nitrogen and oxygen atoms in total. The third-order valence-corrected chi connectivity index (χ3v) is 12.4. The quantitative estimate of drug-likeness (QED) is 0.286. The minimum Gasteiger partial charge on any atom is -0.0691 e. The maximum Gasteiger partial charge on any atom is -0.0134 e. The summed E-state index contributed by atoms with van der Waals surface area (Å²) in [5, 5.41) is 3.19. The monoisotopic (exact) mass is 440 g/mol. The molecule has 2 rings (SSSR count). The van der Waals surface area contributed by atoms with Crippen LogP contribution in [0.4, 0.5) is 0 Å². The van der Waals surface area contributed by atoms with Crippen LogP contribution in [0.15, 0.2) is 36.4 Å². The predicted octanol–water partition coefficient (Wildman–Crippen LogP) is 8.32. The molecule has 0 aromatic heterocycles. The minimum absolute atomic E-state index is 0.190. The average molecular weight is 441 g/mol. The third-order valence-electron chi connectivity index (χ3n) is 5.72. The molecule has 2 heteroatoms. The summed E-state index contributed by atoms with van der Waals surface area (Å²) in [5.74, 6) is 0. The highest BCUT2D eigenvalue weighted by molar-refractivity contribution is 7.67. The fraction of sp³-hybridized carbons (Fsp3) is 0.500. The van der Waals surface area contributed by atoms with Crippen LogP contribution in [0.5, 0.6) is 0 Å². The van der Waals surface area contributed by atoms with Crippen LogP contribution < -0.4 is 10.6 Å². The van der Waals surface area contributed by atoms with E-state index in [1.165, 1.54) is 22.3 Å². The van der Waals surface area contributed by atoms with Crippen molar-refractivity contribution in [3.8, 4) is 0 Å². The smallest absolute Gasteiger partial charge is 0.0134 e. The van der Waals surface area contributed by atoms with Crippen molar-refractivity contribution in [2.75, 3.05) is 0 Å². The van der Waals surface area contributed by atoms with Crippen molar-refractivity contribution in [2.24, 2.45) is 0 Å². The number of rotatable bonds is 8. The highest BCUT2D eigenvalue weighted by Crippen LogP contribution is 2.48. The summed E-state index contributed by atoms with van der Waals surface area (Å²) < 4.78 is 0. The Labute approximate surface area is 189 Å². The van der Waals surface area contributed by atoms with Gasteiger partial charge in [0.25, 0.3) is 0 Å². The molecule has 2 aromatic carbocycles. The van der Waals surface area contributed by atoms with Crippen molar-refractivity contribution in [1.29, 1.82) is 0 Å². The van der Waals surface area contributed by atoms with E-state index in [1.54, 1.807) is 10.6 Å². The van der Waals surface area contributed by atoms with Gasteiger partial charge in [0.1, 0.15) is 0 Å². The minimum atomic E-state index is -0.190. The first-order chi connectivity index (χ1) is 14.1. The highest BCUT2D eigenvalue weighted by atomic mass is 31.1. The summed E-state index contributed by atoms with van der Waals surface area (Å²) in [4.78, 5) is 0. The number of hydrogen-bond donors (Lipinski definition) is 0. The van der Waals surface area contributed by atoms with Gasteiger partial charge in [0.2, 0.25) is 0 Å². The van der Waals surface area contributed by atoms with E-state index in [0.717, 1.165) is 0 Å². The van der Waals surface area contributed by atoms with Crippen LogP contribution in [0.2, 0.25) is 0 Å². The van der Waals surface area contributed by atoms with Crippen molar-refractivity contribution < 1.29 is 0 Å². The summed E-state index contributed by atoms with van der Waals surface area (Å²) in [5.41, 5.74) is 8.48. The summed E-state index contributed by atoms with van der Waals surface area (Å²) in [6.45, 7) is 23.7. The van der Waals surface area contributed by atoms with Crippen molar-refractivity contribution in [3.63, 3.8) is 0 Å². The zero-order valence-corrected chi connectivity index (χ0v) is 22.6. The number of hydrogen-bond acceptors (Lipinski definition) is 0. The van der Waals surface area contributed by atoms with Gasteiger partial charge in [0.05, 0.1) is 0 Å². The standard InChI is InChI=1S/C28H42P2/c1-19(2)29(20(3)4)27-23(9)13-11-15-25(27)17-18-26-16-12-14-24(10)28(26)30(21(5)6)22(7)8/h11-22H,1-10H3/b18-17+. The van der Waals surface area contributed by atoms with Gasteiger partial charge in [-0.3, -0.25) is 0 Å². The molecule has 30 heavy (non-hydrogen) atoms. The average Bonchev–Trinajstić information content (AvgIpc) is 2.63. The predicted molar refractivity (Wildman–Crippen MR) is 145 cm³/mol. The van der Waals surface area contributed by atoms with Crippen molar-refractivity contribution >= 4 is 38.6 Å². The lowest BCUT2D eigenvalue weighted by atomic mass is 10.1. The Hall–Kier alpha value is -0.960. The first-order valence-electron chi connectivity index (χ1n) is 11.5. The Kier molecular flexibility index (Phi) is 9.33. The van der Waals surface area contributed by atoms with Crippen LogP contribution in [-0.4, -0.2) is 22.6 Å². The lowest BCUT2D eigenvalue weighted by Gasteiger charge is -2.30. The SMILES string of the molecule is Cc1cccc(/C=C/c2cccc(C)c2P(C(C)C)C(C)C)c1P(C(C)C)C(C)C. The molecule has 0 heterocycles. The van der Waals surface area contributed by atoms with E-state index < -0.39 is 0 Å². The second kappa shape index (κ2) is 11.1. The zero-order valence-electron chi connectivity index (χ0n) is 20.8. The van der Waals surface area contributed by atoms with Gasteiger partial charge in [0.15, 0.2) is 0 Å². The molecular weight excluding hydrogens is 398 g/mol. The van der Waals surface area contributed by atoms with E-state index in [0.29, 0.717) is 22.6 Å². The van der Waals surface area contributed by atoms with Crippen molar-refractivity contribution in [3.05, 3.63) is 58.7 Å². The molecule has 0 unspecified atom stereocenters. The molecule has 0 spiro atoms. The largest absolute Gasteiger partial charge is 0.0691 e. The summed E-state index contributed by atoms with van der Waals surface area (Å²) in [7, 11) is -0.380. The fourth-order valence-electron chi connectivity index (χ4n) is 4.74. The molecule has 0 atom stereocenters. The molecule has 0 aliphatic heterocycles. The Morgan fingerprint density at radius 3 is 1.10 bits per heavy atom. The maximum atomic E-state index is 2.40. The second-order valence-electron chi connectivity index (χ2n) is 9.55. The lowest BCUT2D eigenvalue weighted by Crippen LogP contribution is -2.20. The van der Waals surface area contributed by atoms with Crippen LogP contribution in [0.1, 0.15) is 77.6 Å². The Morgan fingerprint density at radius 1 is 0.533 bits per heavy atom. The van der Waals surface area contributed by atoms with Crippen LogP contribution >= 0.6 is 15.8 Å². The van der Waals surface area contributed by atoms with Gasteiger partial charge in [0, 0.05) is 0 Å². The zero-order chi connectivity index (χ0) is 22.6. The van der Waals surface area contributed by atoms with Gasteiger partial charge >= 0.3 is 0 Å². The molecule has 0 N–H and O–H groups in total. The lowest BCUT2D eigenvalue weighted by molar-refractivity contribution is 1.02. The van der Waals surface area contributed by atoms with Gasteiger partial charge in [-0.25, -0.2) is 0 Å². The molecule has 0 aliphatic carbocycles. The molecule has 0 aliphatic rings. The van der Waals surface area contributed by atoms with Crippen LogP contribution in [0, 0.1) is 13.8 Å². The third kappa shape index (κ3) is 5.84. The van der Waals surface area contributed by atoms with E-state index in [9.17, 15) is 0 Å². The molecule has 2 aromatic rings. The molecular formula is C28H42P2. The van der Waals surface area contributed by atoms with Crippen LogP contribution in [-0.2, 0) is 0 Å². The van der Waals surface area contributed by atoms with E-state index >= 15 is 0 Å². The number of benzene rings is 2. The second-order valence-corrected chi connectivity index (χ2v) is 16.2. The molecule has 0 saturated carbocycles. The summed E-state index contributed by atoms with van der Waals surface area (Å²) >= 11 is 0. The molecule has 0 fully saturated rings. The number of aryl methyl sites for hydroxylation is 2. The van der Waals surface area contributed by atoms with Crippen molar-refractivity contribution in [2.45, 2.75) is 91.9 Å². The fourth-order valence-corrected chi connectivity index (χ4v) is 11.1. The van der Waals surface area contributed by atoms with E-state index in [4.69, 9.17) is 0 Å². The van der Waals surface area contributed by atoms with Crippen LogP contribution in [0.3, 0.4) is 0 Å². The maximum absolute atomic E-state index is 2.40. The Bertz CT molecular complexity index is 771. The molecule has 0 amide bonds. The van der Waals surface area contributed by atoms with E-state index in [-0.39, 0.29) is 15.8 Å². The van der Waals surface area contributed by atoms with Gasteiger partial charge < -0.3 is 0 Å². The Morgan fingerprint density at radius 2 is 0.833 bits per heavy atom. The topological polar surface area (TPSA) is 0 Å². The van der Waals surface area contributed by atoms with Crippen LogP contribution in [0.25, 0.3) is 12.2 Å². The van der Waals surface area contributed by atoms with Crippen molar-refractivity contribution in [1.82, 2.24) is 0 Å². The van der Waals surface area contributed by atoms with Gasteiger partial charge in [-0.15, -0.1) is 0 Å². The van der Waals surface area contributed by atoms with Gasteiger partial charge in [-0.1, -0.05) is 120 Å². The van der Waals surface area contributed by atoms with E-state index in [1.807, 2.05) is 0 Å². The summed E-state index contributed by atoms with van der Waals surface area (Å²) in [6, 6.07) is 13.7. The molecule has 0 saturated heterocycles.